The topological polar surface area (TPSA) is 60.2 Å². The minimum absolute atomic E-state index is 0. The van der Waals surface area contributed by atoms with Crippen LogP contribution in [-0.4, -0.2) is 30.2 Å². The van der Waals surface area contributed by atoms with E-state index in [1.165, 1.54) is 0 Å². The predicted octanol–water partition coefficient (Wildman–Crippen LogP) is 7.75. The average Bonchev–Trinajstić information content (AvgIpc) is 3.39. The summed E-state index contributed by atoms with van der Waals surface area (Å²) in [5.41, 5.74) is 2.99. The van der Waals surface area contributed by atoms with Crippen molar-refractivity contribution in [3.05, 3.63) is 48.9 Å². The molecule has 1 aliphatic rings. The fraction of sp³-hybridized carbons (Fsp3) is 0.417. The molecule has 0 aromatic carbocycles. The minimum atomic E-state index is 0. The van der Waals surface area contributed by atoms with Gasteiger partial charge in [0.2, 0.25) is 11.8 Å². The second-order valence-corrected chi connectivity index (χ2v) is 6.96. The molecule has 0 unspecified atom stereocenters. The summed E-state index contributed by atoms with van der Waals surface area (Å²) in [5.74, 6) is 1.38. The van der Waals surface area contributed by atoms with E-state index in [4.69, 9.17) is 9.15 Å². The van der Waals surface area contributed by atoms with Crippen molar-refractivity contribution in [3.63, 3.8) is 0 Å². The van der Waals surface area contributed by atoms with Crippen LogP contribution >= 0.6 is 24.8 Å². The first-order chi connectivity index (χ1) is 13.7. The summed E-state index contributed by atoms with van der Waals surface area (Å²) in [4.78, 5) is 10.9. The van der Waals surface area contributed by atoms with Crippen molar-refractivity contribution < 1.29 is 9.15 Å². The molecule has 0 fully saturated rings. The van der Waals surface area contributed by atoms with E-state index in [2.05, 4.69) is 34.9 Å². The molecule has 4 heterocycles. The van der Waals surface area contributed by atoms with E-state index in [1.54, 1.807) is 24.6 Å². The molecule has 0 spiro atoms. The molecule has 3 aromatic heterocycles. The molecule has 31 heavy (non-hydrogen) atoms. The van der Waals surface area contributed by atoms with Crippen LogP contribution in [0.1, 0.15) is 54.2 Å². The average molecular weight is 466 g/mol. The number of aromatic nitrogens is 2. The molecule has 1 N–H and O–H groups in total. The van der Waals surface area contributed by atoms with Crippen LogP contribution in [0.2, 0.25) is 0 Å². The van der Waals surface area contributed by atoms with Gasteiger partial charge in [0.1, 0.15) is 5.69 Å². The van der Waals surface area contributed by atoms with E-state index in [0.29, 0.717) is 5.89 Å². The lowest BCUT2D eigenvalue weighted by atomic mass is 10.1. The van der Waals surface area contributed by atoms with Crippen molar-refractivity contribution in [2.75, 3.05) is 25.6 Å². The molecule has 0 saturated carbocycles. The number of hydrogen-bond donors (Lipinski definition) is 1. The van der Waals surface area contributed by atoms with E-state index < -0.39 is 0 Å². The highest BCUT2D eigenvalue weighted by molar-refractivity contribution is 7.59. The molecule has 0 saturated heterocycles. The Morgan fingerprint density at radius 2 is 1.90 bits per heavy atom. The first-order valence-electron chi connectivity index (χ1n) is 9.65. The van der Waals surface area contributed by atoms with Gasteiger partial charge in [-0.1, -0.05) is 48.3 Å². The van der Waals surface area contributed by atoms with Gasteiger partial charge >= 0.3 is 0 Å². The normalized spacial score (nSPS) is 10.9. The Bertz CT molecular complexity index is 859. The summed E-state index contributed by atoms with van der Waals surface area (Å²) in [6.07, 6.45) is 5.66. The number of rotatable bonds is 4. The van der Waals surface area contributed by atoms with E-state index in [0.717, 1.165) is 58.5 Å². The van der Waals surface area contributed by atoms with Crippen LogP contribution in [0.3, 0.4) is 0 Å². The molecule has 0 radical (unpaired) electrons. The number of fused-ring (bicyclic) bond motifs is 1. The lowest BCUT2D eigenvalue weighted by molar-refractivity contribution is 0.199. The highest BCUT2D eigenvalue weighted by Gasteiger charge is 2.21. The molecule has 4 rings (SSSR count). The number of pyridine rings is 1. The summed E-state index contributed by atoms with van der Waals surface area (Å²) in [7, 11) is 1.71. The first-order valence-corrected chi connectivity index (χ1v) is 10.5. The van der Waals surface area contributed by atoms with Gasteiger partial charge in [-0.25, -0.2) is 4.98 Å². The lowest BCUT2D eigenvalue weighted by Gasteiger charge is -2.11. The number of ether oxygens (including phenoxy) is 1. The van der Waals surface area contributed by atoms with Crippen molar-refractivity contribution >= 4 is 36.3 Å². The van der Waals surface area contributed by atoms with Crippen LogP contribution in [0.15, 0.2) is 47.7 Å². The van der Waals surface area contributed by atoms with Gasteiger partial charge in [0.15, 0.2) is 0 Å². The standard InChI is InChI=1S/C16H13N3OS.C4H10O.C2H6.2CH4.H2S/c1-10-6-8-18-16-14(10)19-15(20-16)13-5-4-12(21-13)11-3-2-7-17-9-11;1-3-4-5-2;1-2;;;/h2-5,7,9,18H,1,6,8H2;3-4H2,1-2H3;1-2H3;2*1H4;1H2. The first kappa shape index (κ1) is 31.1. The third-order valence-corrected chi connectivity index (χ3v) is 4.97. The van der Waals surface area contributed by atoms with Gasteiger partial charge in [0.25, 0.3) is 0 Å². The zero-order valence-electron chi connectivity index (χ0n) is 17.6. The van der Waals surface area contributed by atoms with Gasteiger partial charge in [-0.2, -0.15) is 13.5 Å². The van der Waals surface area contributed by atoms with Crippen molar-refractivity contribution in [1.29, 1.82) is 0 Å². The van der Waals surface area contributed by atoms with Crippen LogP contribution in [0.4, 0.5) is 5.88 Å². The number of nitrogens with zero attached hydrogens (tertiary/aromatic N) is 2. The number of hydrogen-bond acceptors (Lipinski definition) is 6. The molecule has 1 aliphatic heterocycles. The monoisotopic (exact) mass is 465 g/mol. The van der Waals surface area contributed by atoms with Crippen molar-refractivity contribution in [2.24, 2.45) is 0 Å². The van der Waals surface area contributed by atoms with E-state index >= 15 is 0 Å². The molecule has 3 aromatic rings. The maximum atomic E-state index is 5.82. The Hall–Kier alpha value is -2.09. The van der Waals surface area contributed by atoms with Crippen LogP contribution in [0, 0.1) is 0 Å². The SMILES string of the molecule is C.C.C=C1CCNc2oc(-c3ccc(-c4cccnc4)s3)nc21.CC.CCCOC.S. The van der Waals surface area contributed by atoms with Crippen LogP contribution in [0.5, 0.6) is 0 Å². The van der Waals surface area contributed by atoms with Crippen molar-refractivity contribution in [3.8, 4) is 21.2 Å². The Morgan fingerprint density at radius 3 is 2.45 bits per heavy atom. The number of methoxy groups -OCH3 is 1. The number of anilines is 1. The third-order valence-electron chi connectivity index (χ3n) is 3.85. The maximum absolute atomic E-state index is 5.82. The zero-order valence-corrected chi connectivity index (χ0v) is 19.4. The molecule has 0 atom stereocenters. The molecule has 174 valence electrons. The van der Waals surface area contributed by atoms with E-state index in [-0.39, 0.29) is 28.3 Å². The van der Waals surface area contributed by atoms with E-state index in [1.807, 2.05) is 38.2 Å². The fourth-order valence-electron chi connectivity index (χ4n) is 2.55. The fourth-order valence-corrected chi connectivity index (χ4v) is 3.47. The highest BCUT2D eigenvalue weighted by atomic mass is 32.1. The largest absolute Gasteiger partial charge is 0.419 e. The van der Waals surface area contributed by atoms with Gasteiger partial charge < -0.3 is 14.5 Å². The molecule has 5 nitrogen and oxygen atoms in total. The summed E-state index contributed by atoms with van der Waals surface area (Å²) in [5, 5.41) is 3.23. The summed E-state index contributed by atoms with van der Waals surface area (Å²) < 4.78 is 10.5. The van der Waals surface area contributed by atoms with Crippen molar-refractivity contribution in [1.82, 2.24) is 9.97 Å². The molecule has 0 amide bonds. The van der Waals surface area contributed by atoms with E-state index in [9.17, 15) is 0 Å². The van der Waals surface area contributed by atoms with Gasteiger partial charge in [0.05, 0.1) is 4.88 Å². The highest BCUT2D eigenvalue weighted by Crippen LogP contribution is 2.38. The second-order valence-electron chi connectivity index (χ2n) is 5.88. The van der Waals surface area contributed by atoms with Crippen LogP contribution in [0.25, 0.3) is 26.8 Å². The quantitative estimate of drug-likeness (QED) is 0.427. The Balaban J connectivity index is 0. The van der Waals surface area contributed by atoms with Gasteiger partial charge in [0, 0.05) is 43.1 Å². The van der Waals surface area contributed by atoms with Crippen molar-refractivity contribution in [2.45, 2.75) is 48.5 Å². The molecule has 0 aliphatic carbocycles. The predicted molar refractivity (Wildman–Crippen MR) is 143 cm³/mol. The summed E-state index contributed by atoms with van der Waals surface area (Å²) >= 11 is 1.65. The second kappa shape index (κ2) is 16.6. The number of nitrogens with one attached hydrogen (secondary N) is 1. The van der Waals surface area contributed by atoms with Gasteiger partial charge in [-0.15, -0.1) is 11.3 Å². The Labute approximate surface area is 199 Å². The number of oxazole rings is 1. The zero-order chi connectivity index (χ0) is 20.4. The molecule has 0 bridgehead atoms. The summed E-state index contributed by atoms with van der Waals surface area (Å²) in [6, 6.07) is 8.09. The Morgan fingerprint density at radius 1 is 1.19 bits per heavy atom. The number of thiophene rings is 1. The molecular weight excluding hydrogens is 426 g/mol. The smallest absolute Gasteiger partial charge is 0.239 e. The third kappa shape index (κ3) is 8.51. The maximum Gasteiger partial charge on any atom is 0.239 e. The summed E-state index contributed by atoms with van der Waals surface area (Å²) in [6.45, 7) is 11.9. The lowest BCUT2D eigenvalue weighted by Crippen LogP contribution is -2.08. The molecule has 7 heteroatoms. The van der Waals surface area contributed by atoms with Gasteiger partial charge in [-0.3, -0.25) is 4.98 Å². The minimum Gasteiger partial charge on any atom is -0.419 e. The van der Waals surface area contributed by atoms with Crippen LogP contribution < -0.4 is 5.32 Å². The molecular formula is C24H39N3O2S2. The Kier molecular flexibility index (Phi) is 16.6. The van der Waals surface area contributed by atoms with Gasteiger partial charge in [-0.05, 0) is 36.6 Å². The van der Waals surface area contributed by atoms with Crippen LogP contribution in [-0.2, 0) is 4.74 Å².